The molecule has 0 bridgehead atoms. The number of carbonyl (C=O) groups excluding carboxylic acids is 1. The summed E-state index contributed by atoms with van der Waals surface area (Å²) in [5.74, 6) is 0. The number of anilines is 1. The predicted molar refractivity (Wildman–Crippen MR) is 114 cm³/mol. The van der Waals surface area contributed by atoms with Crippen LogP contribution in [0.5, 0.6) is 0 Å². The number of hydrogen-bond acceptors (Lipinski definition) is 7. The number of pyridine rings is 1. The number of hydrogen-bond donors (Lipinski definition) is 1. The zero-order chi connectivity index (χ0) is 21.8. The van der Waals surface area contributed by atoms with Crippen LogP contribution in [-0.4, -0.2) is 82.7 Å². The van der Waals surface area contributed by atoms with Crippen molar-refractivity contribution in [3.05, 3.63) is 24.5 Å². The SMILES string of the molecule is CC1(CCN2CCCCC2OC(=O)O)CN(C2CCN(c3ccncc3)CC2)C(=O)O1. The number of amides is 1. The van der Waals surface area contributed by atoms with Gasteiger partial charge in [-0.25, -0.2) is 9.59 Å². The van der Waals surface area contributed by atoms with Crippen LogP contribution in [0.2, 0.25) is 0 Å². The van der Waals surface area contributed by atoms with Crippen molar-refractivity contribution in [1.82, 2.24) is 14.8 Å². The number of likely N-dealkylation sites (tertiary alicyclic amines) is 1. The van der Waals surface area contributed by atoms with Gasteiger partial charge in [0, 0.05) is 56.7 Å². The highest BCUT2D eigenvalue weighted by molar-refractivity contribution is 5.71. The molecule has 4 heterocycles. The van der Waals surface area contributed by atoms with Gasteiger partial charge in [-0.15, -0.1) is 0 Å². The third kappa shape index (κ3) is 5.20. The highest BCUT2D eigenvalue weighted by Gasteiger charge is 2.45. The van der Waals surface area contributed by atoms with Gasteiger partial charge in [-0.2, -0.15) is 0 Å². The number of ether oxygens (including phenoxy) is 2. The molecule has 170 valence electrons. The molecule has 1 aromatic rings. The van der Waals surface area contributed by atoms with Crippen molar-refractivity contribution in [3.63, 3.8) is 0 Å². The summed E-state index contributed by atoms with van der Waals surface area (Å²) in [7, 11) is 0. The Labute approximate surface area is 182 Å². The number of aromatic nitrogens is 1. The van der Waals surface area contributed by atoms with Crippen LogP contribution in [0.3, 0.4) is 0 Å². The molecule has 31 heavy (non-hydrogen) atoms. The van der Waals surface area contributed by atoms with Gasteiger partial charge in [0.25, 0.3) is 0 Å². The summed E-state index contributed by atoms with van der Waals surface area (Å²) in [5, 5.41) is 8.99. The monoisotopic (exact) mass is 432 g/mol. The molecule has 1 amide bonds. The van der Waals surface area contributed by atoms with E-state index in [4.69, 9.17) is 14.6 Å². The molecule has 9 heteroatoms. The van der Waals surface area contributed by atoms with Gasteiger partial charge < -0.3 is 24.4 Å². The van der Waals surface area contributed by atoms with Crippen LogP contribution in [0.25, 0.3) is 0 Å². The van der Waals surface area contributed by atoms with Gasteiger partial charge in [0.1, 0.15) is 5.60 Å². The molecule has 3 aliphatic rings. The third-order valence-electron chi connectivity index (χ3n) is 6.72. The van der Waals surface area contributed by atoms with Crippen LogP contribution in [0.15, 0.2) is 24.5 Å². The first-order valence-corrected chi connectivity index (χ1v) is 11.2. The maximum absolute atomic E-state index is 12.7. The van der Waals surface area contributed by atoms with E-state index >= 15 is 0 Å². The zero-order valence-electron chi connectivity index (χ0n) is 18.1. The van der Waals surface area contributed by atoms with Crippen molar-refractivity contribution in [2.45, 2.75) is 63.3 Å². The molecule has 2 unspecified atom stereocenters. The Morgan fingerprint density at radius 2 is 1.97 bits per heavy atom. The van der Waals surface area contributed by atoms with Gasteiger partial charge in [0.2, 0.25) is 0 Å². The van der Waals surface area contributed by atoms with E-state index in [1.54, 1.807) is 12.4 Å². The van der Waals surface area contributed by atoms with Crippen molar-refractivity contribution >= 4 is 17.9 Å². The molecule has 4 rings (SSSR count). The number of rotatable bonds is 6. The van der Waals surface area contributed by atoms with Crippen molar-refractivity contribution in [2.24, 2.45) is 0 Å². The minimum absolute atomic E-state index is 0.186. The van der Waals surface area contributed by atoms with Crippen LogP contribution < -0.4 is 4.90 Å². The molecule has 9 nitrogen and oxygen atoms in total. The smallest absolute Gasteiger partial charge is 0.450 e. The van der Waals surface area contributed by atoms with E-state index in [9.17, 15) is 9.59 Å². The Morgan fingerprint density at radius 3 is 2.68 bits per heavy atom. The highest BCUT2D eigenvalue weighted by atomic mass is 16.7. The van der Waals surface area contributed by atoms with E-state index < -0.39 is 18.0 Å². The molecule has 0 aliphatic carbocycles. The lowest BCUT2D eigenvalue weighted by Crippen LogP contribution is -2.47. The van der Waals surface area contributed by atoms with Crippen LogP contribution >= 0.6 is 0 Å². The molecule has 1 aromatic heterocycles. The van der Waals surface area contributed by atoms with Gasteiger partial charge in [0.05, 0.1) is 6.54 Å². The van der Waals surface area contributed by atoms with E-state index in [1.807, 2.05) is 24.0 Å². The Morgan fingerprint density at radius 1 is 1.23 bits per heavy atom. The Kier molecular flexibility index (Phi) is 6.50. The molecule has 0 spiro atoms. The fourth-order valence-corrected chi connectivity index (χ4v) is 4.97. The van der Waals surface area contributed by atoms with E-state index in [0.717, 1.165) is 45.3 Å². The molecular weight excluding hydrogens is 400 g/mol. The number of piperidine rings is 2. The quantitative estimate of drug-likeness (QED) is 0.685. The molecule has 0 aromatic carbocycles. The number of cyclic esters (lactones) is 1. The standard InChI is InChI=1S/C22H32N4O5/c1-22(9-15-25-12-3-2-4-19(25)30-21(28)29)16-26(20(27)31-22)18-7-13-24(14-8-18)17-5-10-23-11-6-17/h5-6,10-11,18-19H,2-4,7-9,12-16H2,1H3,(H,28,29). The maximum atomic E-state index is 12.7. The average Bonchev–Trinajstić information content (AvgIpc) is 3.08. The van der Waals surface area contributed by atoms with Gasteiger partial charge >= 0.3 is 12.2 Å². The molecule has 1 N–H and O–H groups in total. The topological polar surface area (TPSA) is 95.4 Å². The third-order valence-corrected chi connectivity index (χ3v) is 6.72. The molecule has 3 fully saturated rings. The van der Waals surface area contributed by atoms with E-state index in [-0.39, 0.29) is 12.1 Å². The van der Waals surface area contributed by atoms with Crippen molar-refractivity contribution in [3.8, 4) is 0 Å². The first-order valence-electron chi connectivity index (χ1n) is 11.2. The lowest BCUT2D eigenvalue weighted by Gasteiger charge is -2.37. The van der Waals surface area contributed by atoms with Crippen LogP contribution in [-0.2, 0) is 9.47 Å². The first kappa shape index (κ1) is 21.7. The summed E-state index contributed by atoms with van der Waals surface area (Å²) in [4.78, 5) is 34.0. The Balaban J connectivity index is 1.29. The van der Waals surface area contributed by atoms with Gasteiger partial charge in [-0.1, -0.05) is 0 Å². The molecular formula is C22H32N4O5. The minimum Gasteiger partial charge on any atom is -0.450 e. The summed E-state index contributed by atoms with van der Waals surface area (Å²) in [6.07, 6.45) is 6.92. The second kappa shape index (κ2) is 9.30. The van der Waals surface area contributed by atoms with Crippen LogP contribution in [0, 0.1) is 0 Å². The predicted octanol–water partition coefficient (Wildman–Crippen LogP) is 3.16. The van der Waals surface area contributed by atoms with Gasteiger partial charge in [-0.3, -0.25) is 9.88 Å². The number of nitrogens with zero attached hydrogens (tertiary/aromatic N) is 4. The van der Waals surface area contributed by atoms with E-state index in [0.29, 0.717) is 25.9 Å². The van der Waals surface area contributed by atoms with Crippen molar-refractivity contribution in [2.75, 3.05) is 37.6 Å². The van der Waals surface area contributed by atoms with Crippen LogP contribution in [0.4, 0.5) is 15.3 Å². The summed E-state index contributed by atoms with van der Waals surface area (Å²) in [6.45, 7) is 5.81. The van der Waals surface area contributed by atoms with Crippen molar-refractivity contribution in [1.29, 1.82) is 0 Å². The van der Waals surface area contributed by atoms with E-state index in [1.165, 1.54) is 5.69 Å². The van der Waals surface area contributed by atoms with Gasteiger partial charge in [-0.05, 0) is 51.2 Å². The summed E-state index contributed by atoms with van der Waals surface area (Å²) < 4.78 is 10.9. The zero-order valence-corrected chi connectivity index (χ0v) is 18.1. The maximum Gasteiger partial charge on any atom is 0.507 e. The Hall–Kier alpha value is -2.55. The second-order valence-corrected chi connectivity index (χ2v) is 8.99. The van der Waals surface area contributed by atoms with Gasteiger partial charge in [0.15, 0.2) is 6.23 Å². The molecule has 0 radical (unpaired) electrons. The molecule has 3 aliphatic heterocycles. The lowest BCUT2D eigenvalue weighted by atomic mass is 9.98. The molecule has 2 atom stereocenters. The lowest BCUT2D eigenvalue weighted by molar-refractivity contribution is -0.0623. The first-order chi connectivity index (χ1) is 14.9. The second-order valence-electron chi connectivity index (χ2n) is 8.99. The fourth-order valence-electron chi connectivity index (χ4n) is 4.97. The van der Waals surface area contributed by atoms with Crippen LogP contribution in [0.1, 0.15) is 45.4 Å². The summed E-state index contributed by atoms with van der Waals surface area (Å²) in [6, 6.07) is 4.22. The minimum atomic E-state index is -1.24. The van der Waals surface area contributed by atoms with Crippen molar-refractivity contribution < 1.29 is 24.2 Å². The largest absolute Gasteiger partial charge is 0.507 e. The summed E-state index contributed by atoms with van der Waals surface area (Å²) in [5.41, 5.74) is 0.604. The molecule has 3 saturated heterocycles. The normalized spacial score (nSPS) is 27.9. The fraction of sp³-hybridized carbons (Fsp3) is 0.682. The average molecular weight is 433 g/mol. The van der Waals surface area contributed by atoms with E-state index in [2.05, 4.69) is 14.8 Å². The molecule has 0 saturated carbocycles. The summed E-state index contributed by atoms with van der Waals surface area (Å²) >= 11 is 0. The Bertz CT molecular complexity index is 770. The number of carbonyl (C=O) groups is 2. The highest BCUT2D eigenvalue weighted by Crippen LogP contribution is 2.32. The number of carboxylic acid groups (broad SMARTS) is 1.